The lowest BCUT2D eigenvalue weighted by Crippen LogP contribution is -2.40. The van der Waals surface area contributed by atoms with E-state index >= 15 is 0 Å². The van der Waals surface area contributed by atoms with Crippen LogP contribution in [0.15, 0.2) is 66.7 Å². The summed E-state index contributed by atoms with van der Waals surface area (Å²) in [6.07, 6.45) is 1.74. The number of aromatic hydroxyl groups is 1. The minimum atomic E-state index is 0.0427. The van der Waals surface area contributed by atoms with E-state index in [2.05, 4.69) is 69.4 Å². The highest BCUT2D eigenvalue weighted by atomic mass is 16.3. The lowest BCUT2D eigenvalue weighted by atomic mass is 9.99. The molecular weight excluding hydrogens is 386 g/mol. The SMILES string of the molecule is O=C(CN1CCc2cccc(O)c2C1)NCCCn1c2ccccc2c2ccccc21. The highest BCUT2D eigenvalue weighted by Crippen LogP contribution is 2.29. The number of carbonyl (C=O) groups excluding carboxylic acids is 1. The Morgan fingerprint density at radius 1 is 0.935 bits per heavy atom. The number of carbonyl (C=O) groups is 1. The van der Waals surface area contributed by atoms with Crippen molar-refractivity contribution in [3.63, 3.8) is 0 Å². The molecule has 1 amide bonds. The van der Waals surface area contributed by atoms with Gasteiger partial charge in [-0.15, -0.1) is 0 Å². The third-order valence-corrected chi connectivity index (χ3v) is 6.26. The maximum Gasteiger partial charge on any atom is 0.234 e. The molecule has 5 rings (SSSR count). The van der Waals surface area contributed by atoms with Gasteiger partial charge < -0.3 is 15.0 Å². The number of phenolic OH excluding ortho intramolecular Hbond substituents is 1. The second-order valence-electron chi connectivity index (χ2n) is 8.26. The summed E-state index contributed by atoms with van der Waals surface area (Å²) in [6, 6.07) is 22.6. The number of aryl methyl sites for hydroxylation is 1. The number of hydrogen-bond donors (Lipinski definition) is 2. The van der Waals surface area contributed by atoms with Crippen LogP contribution in [0.3, 0.4) is 0 Å². The Labute approximate surface area is 181 Å². The Morgan fingerprint density at radius 2 is 1.65 bits per heavy atom. The van der Waals surface area contributed by atoms with Crippen molar-refractivity contribution in [3.8, 4) is 5.75 Å². The van der Waals surface area contributed by atoms with Gasteiger partial charge in [-0.05, 0) is 36.6 Å². The van der Waals surface area contributed by atoms with Crippen molar-refractivity contribution in [1.82, 2.24) is 14.8 Å². The topological polar surface area (TPSA) is 57.5 Å². The Morgan fingerprint density at radius 3 is 2.39 bits per heavy atom. The molecule has 2 heterocycles. The maximum atomic E-state index is 12.5. The third kappa shape index (κ3) is 3.89. The summed E-state index contributed by atoms with van der Waals surface area (Å²) in [7, 11) is 0. The van der Waals surface area contributed by atoms with E-state index in [0.717, 1.165) is 31.5 Å². The zero-order chi connectivity index (χ0) is 21.2. The predicted molar refractivity (Wildman–Crippen MR) is 124 cm³/mol. The highest BCUT2D eigenvalue weighted by molar-refractivity contribution is 6.07. The summed E-state index contributed by atoms with van der Waals surface area (Å²) in [4.78, 5) is 14.6. The predicted octanol–water partition coefficient (Wildman–Crippen LogP) is 4.06. The average molecular weight is 414 g/mol. The Balaban J connectivity index is 1.17. The number of para-hydroxylation sites is 2. The summed E-state index contributed by atoms with van der Waals surface area (Å²) in [5.41, 5.74) is 4.61. The number of fused-ring (bicyclic) bond motifs is 4. The molecule has 0 spiro atoms. The van der Waals surface area contributed by atoms with Crippen LogP contribution in [0.1, 0.15) is 17.5 Å². The van der Waals surface area contributed by atoms with Gasteiger partial charge in [-0.2, -0.15) is 0 Å². The number of hydrogen-bond acceptors (Lipinski definition) is 3. The molecule has 0 bridgehead atoms. The largest absolute Gasteiger partial charge is 0.508 e. The van der Waals surface area contributed by atoms with Crippen molar-refractivity contribution in [2.45, 2.75) is 25.9 Å². The minimum absolute atomic E-state index is 0.0427. The molecular formula is C26H27N3O2. The van der Waals surface area contributed by atoms with E-state index in [-0.39, 0.29) is 5.91 Å². The van der Waals surface area contributed by atoms with Gasteiger partial charge in [-0.3, -0.25) is 9.69 Å². The molecule has 5 nitrogen and oxygen atoms in total. The first-order valence-electron chi connectivity index (χ1n) is 11.0. The second kappa shape index (κ2) is 8.44. The average Bonchev–Trinajstić information content (AvgIpc) is 3.11. The van der Waals surface area contributed by atoms with E-state index in [1.165, 1.54) is 27.4 Å². The summed E-state index contributed by atoms with van der Waals surface area (Å²) >= 11 is 0. The van der Waals surface area contributed by atoms with Gasteiger partial charge in [0.1, 0.15) is 5.75 Å². The molecule has 1 aliphatic rings. The van der Waals surface area contributed by atoms with Gasteiger partial charge in [-0.1, -0.05) is 48.5 Å². The summed E-state index contributed by atoms with van der Waals surface area (Å²) < 4.78 is 2.35. The van der Waals surface area contributed by atoms with Gasteiger partial charge in [0.15, 0.2) is 0 Å². The second-order valence-corrected chi connectivity index (χ2v) is 8.26. The molecule has 0 saturated carbocycles. The number of rotatable bonds is 6. The standard InChI is InChI=1S/C26H27N3O2/c30-25-12-5-7-19-13-16-28(17-22(19)25)18-26(31)27-14-6-15-29-23-10-3-1-8-20(23)21-9-2-4-11-24(21)29/h1-5,7-12,30H,6,13-18H2,(H,27,31). The van der Waals surface area contributed by atoms with Crippen LogP contribution in [0.5, 0.6) is 5.75 Å². The van der Waals surface area contributed by atoms with Crippen molar-refractivity contribution in [2.75, 3.05) is 19.6 Å². The first-order valence-corrected chi connectivity index (χ1v) is 11.0. The van der Waals surface area contributed by atoms with Gasteiger partial charge >= 0.3 is 0 Å². The highest BCUT2D eigenvalue weighted by Gasteiger charge is 2.20. The molecule has 3 aromatic carbocycles. The molecule has 1 aromatic heterocycles. The Bertz CT molecular complexity index is 1190. The van der Waals surface area contributed by atoms with Gasteiger partial charge in [0.25, 0.3) is 0 Å². The van der Waals surface area contributed by atoms with Crippen molar-refractivity contribution >= 4 is 27.7 Å². The van der Waals surface area contributed by atoms with Crippen LogP contribution in [-0.4, -0.2) is 40.1 Å². The number of nitrogens with one attached hydrogen (secondary N) is 1. The lowest BCUT2D eigenvalue weighted by molar-refractivity contribution is -0.122. The number of phenols is 1. The molecule has 0 saturated heterocycles. The fraction of sp³-hybridized carbons (Fsp3) is 0.269. The smallest absolute Gasteiger partial charge is 0.234 e. The first kappa shape index (κ1) is 19.6. The number of nitrogens with zero attached hydrogens (tertiary/aromatic N) is 2. The van der Waals surface area contributed by atoms with E-state index in [9.17, 15) is 9.90 Å². The van der Waals surface area contributed by atoms with Crippen molar-refractivity contribution < 1.29 is 9.90 Å². The molecule has 0 unspecified atom stereocenters. The lowest BCUT2D eigenvalue weighted by Gasteiger charge is -2.28. The van der Waals surface area contributed by atoms with Crippen LogP contribution in [0.25, 0.3) is 21.8 Å². The molecule has 0 radical (unpaired) electrons. The van der Waals surface area contributed by atoms with Crippen molar-refractivity contribution in [1.29, 1.82) is 0 Å². The van der Waals surface area contributed by atoms with Crippen LogP contribution in [0.4, 0.5) is 0 Å². The van der Waals surface area contributed by atoms with E-state index in [4.69, 9.17) is 0 Å². The number of aromatic nitrogens is 1. The van der Waals surface area contributed by atoms with E-state index in [1.54, 1.807) is 6.07 Å². The molecule has 1 aliphatic heterocycles. The van der Waals surface area contributed by atoms with Gasteiger partial charge in [0.05, 0.1) is 6.54 Å². The summed E-state index contributed by atoms with van der Waals surface area (Å²) in [5, 5.41) is 15.7. The monoisotopic (exact) mass is 413 g/mol. The molecule has 2 N–H and O–H groups in total. The fourth-order valence-electron chi connectivity index (χ4n) is 4.72. The molecule has 4 aromatic rings. The van der Waals surface area contributed by atoms with Crippen LogP contribution in [0.2, 0.25) is 0 Å². The van der Waals surface area contributed by atoms with Gasteiger partial charge in [0.2, 0.25) is 5.91 Å². The van der Waals surface area contributed by atoms with E-state index in [0.29, 0.717) is 25.4 Å². The molecule has 5 heteroatoms. The van der Waals surface area contributed by atoms with Crippen LogP contribution in [-0.2, 0) is 24.3 Å². The molecule has 0 fully saturated rings. The molecule has 0 atom stereocenters. The quantitative estimate of drug-likeness (QED) is 0.469. The van der Waals surface area contributed by atoms with Crippen LogP contribution < -0.4 is 5.32 Å². The molecule has 0 aliphatic carbocycles. The zero-order valence-electron chi connectivity index (χ0n) is 17.6. The summed E-state index contributed by atoms with van der Waals surface area (Å²) in [5.74, 6) is 0.370. The van der Waals surface area contributed by atoms with Crippen molar-refractivity contribution in [2.24, 2.45) is 0 Å². The fourth-order valence-corrected chi connectivity index (χ4v) is 4.72. The Kier molecular flexibility index (Phi) is 5.35. The first-order chi connectivity index (χ1) is 15.2. The van der Waals surface area contributed by atoms with E-state index < -0.39 is 0 Å². The zero-order valence-corrected chi connectivity index (χ0v) is 17.6. The normalized spacial score (nSPS) is 14.1. The molecule has 158 valence electrons. The number of amides is 1. The van der Waals surface area contributed by atoms with Gasteiger partial charge in [-0.25, -0.2) is 0 Å². The number of benzene rings is 3. The third-order valence-electron chi connectivity index (χ3n) is 6.26. The van der Waals surface area contributed by atoms with E-state index in [1.807, 2.05) is 6.07 Å². The Hall–Kier alpha value is -3.31. The summed E-state index contributed by atoms with van der Waals surface area (Å²) in [6.45, 7) is 3.33. The van der Waals surface area contributed by atoms with Crippen LogP contribution >= 0.6 is 0 Å². The minimum Gasteiger partial charge on any atom is -0.508 e. The van der Waals surface area contributed by atoms with Crippen molar-refractivity contribution in [3.05, 3.63) is 77.9 Å². The molecule has 31 heavy (non-hydrogen) atoms. The van der Waals surface area contributed by atoms with Crippen LogP contribution in [0, 0.1) is 0 Å². The van der Waals surface area contributed by atoms with Gasteiger partial charge in [0, 0.05) is 53.5 Å². The maximum absolute atomic E-state index is 12.5.